The van der Waals surface area contributed by atoms with Crippen LogP contribution >= 0.6 is 0 Å². The Kier molecular flexibility index (Phi) is 4.57. The zero-order chi connectivity index (χ0) is 19.8. The largest absolute Gasteiger partial charge is 0.448 e. The van der Waals surface area contributed by atoms with Crippen LogP contribution in [-0.4, -0.2) is 35.9 Å². The van der Waals surface area contributed by atoms with Crippen LogP contribution in [0.5, 0.6) is 0 Å². The van der Waals surface area contributed by atoms with E-state index in [-0.39, 0.29) is 24.7 Å². The van der Waals surface area contributed by atoms with Crippen LogP contribution in [-0.2, 0) is 11.2 Å². The van der Waals surface area contributed by atoms with Crippen molar-refractivity contribution in [2.24, 2.45) is 0 Å². The number of rotatable bonds is 3. The number of hydrogen-bond acceptors (Lipinski definition) is 3. The Bertz CT molecular complexity index is 1020. The number of benzene rings is 3. The lowest BCUT2D eigenvalue weighted by Gasteiger charge is -2.35. The molecule has 3 aromatic carbocycles. The number of carbonyl (C=O) groups excluding carboxylic acids is 1. The van der Waals surface area contributed by atoms with Gasteiger partial charge in [-0.25, -0.2) is 4.79 Å². The lowest BCUT2D eigenvalue weighted by atomic mass is 9.93. The topological polar surface area (TPSA) is 49.8 Å². The summed E-state index contributed by atoms with van der Waals surface area (Å²) in [4.78, 5) is 14.6. The lowest BCUT2D eigenvalue weighted by Crippen LogP contribution is -2.42. The van der Waals surface area contributed by atoms with Crippen LogP contribution in [0.3, 0.4) is 0 Å². The van der Waals surface area contributed by atoms with E-state index < -0.39 is 0 Å². The summed E-state index contributed by atoms with van der Waals surface area (Å²) in [6.45, 7) is 0.739. The van der Waals surface area contributed by atoms with Gasteiger partial charge in [-0.1, -0.05) is 72.8 Å². The summed E-state index contributed by atoms with van der Waals surface area (Å²) in [7, 11) is 0. The van der Waals surface area contributed by atoms with Crippen molar-refractivity contribution in [1.82, 2.24) is 4.90 Å². The molecule has 0 aromatic heterocycles. The van der Waals surface area contributed by atoms with Gasteiger partial charge in [0.2, 0.25) is 0 Å². The van der Waals surface area contributed by atoms with Crippen molar-refractivity contribution in [3.63, 3.8) is 0 Å². The van der Waals surface area contributed by atoms with E-state index in [0.717, 1.165) is 12.0 Å². The molecule has 1 aliphatic carbocycles. The number of aliphatic hydroxyl groups excluding tert-OH is 1. The summed E-state index contributed by atoms with van der Waals surface area (Å²) in [6.07, 6.45) is 0.414. The maximum Gasteiger partial charge on any atom is 0.410 e. The number of nitrogens with zero attached hydrogens (tertiary/aromatic N) is 1. The number of hydrogen-bond donors (Lipinski definition) is 1. The molecule has 4 nitrogen and oxygen atoms in total. The Balaban J connectivity index is 1.36. The molecule has 0 spiro atoms. The van der Waals surface area contributed by atoms with Gasteiger partial charge < -0.3 is 9.84 Å². The van der Waals surface area contributed by atoms with E-state index in [0.29, 0.717) is 13.2 Å². The van der Waals surface area contributed by atoms with Crippen LogP contribution in [0.25, 0.3) is 11.1 Å². The molecule has 1 unspecified atom stereocenters. The third-order valence-electron chi connectivity index (χ3n) is 6.16. The van der Waals surface area contributed by atoms with Gasteiger partial charge in [0.1, 0.15) is 6.61 Å². The fourth-order valence-corrected chi connectivity index (χ4v) is 4.74. The van der Waals surface area contributed by atoms with Crippen molar-refractivity contribution in [2.75, 3.05) is 19.8 Å². The second kappa shape index (κ2) is 7.37. The fraction of sp³-hybridized carbons (Fsp3) is 0.240. The molecule has 1 aliphatic heterocycles. The van der Waals surface area contributed by atoms with Crippen molar-refractivity contribution < 1.29 is 14.6 Å². The molecule has 0 fully saturated rings. The van der Waals surface area contributed by atoms with Crippen molar-refractivity contribution >= 4 is 6.09 Å². The molecule has 4 heteroatoms. The van der Waals surface area contributed by atoms with Crippen molar-refractivity contribution in [3.05, 3.63) is 95.1 Å². The van der Waals surface area contributed by atoms with Gasteiger partial charge in [0.15, 0.2) is 0 Å². The zero-order valence-electron chi connectivity index (χ0n) is 16.1. The summed E-state index contributed by atoms with van der Waals surface area (Å²) in [5.74, 6) is 0.0380. The van der Waals surface area contributed by atoms with E-state index in [1.54, 1.807) is 4.90 Å². The first kappa shape index (κ1) is 18.0. The van der Waals surface area contributed by atoms with Crippen LogP contribution < -0.4 is 0 Å². The van der Waals surface area contributed by atoms with Crippen LogP contribution in [0, 0.1) is 0 Å². The molecule has 0 saturated carbocycles. The second-order valence-corrected chi connectivity index (χ2v) is 7.64. The fourth-order valence-electron chi connectivity index (χ4n) is 4.74. The van der Waals surface area contributed by atoms with Crippen molar-refractivity contribution in [3.8, 4) is 11.1 Å². The molecular weight excluding hydrogens is 362 g/mol. The quantitative estimate of drug-likeness (QED) is 0.721. The van der Waals surface area contributed by atoms with Gasteiger partial charge in [-0.2, -0.15) is 0 Å². The summed E-state index contributed by atoms with van der Waals surface area (Å²) >= 11 is 0. The summed E-state index contributed by atoms with van der Waals surface area (Å²) < 4.78 is 5.80. The molecule has 0 saturated heterocycles. The zero-order valence-corrected chi connectivity index (χ0v) is 16.1. The molecule has 146 valence electrons. The Labute approximate surface area is 170 Å². The highest BCUT2D eigenvalue weighted by molar-refractivity contribution is 5.79. The summed E-state index contributed by atoms with van der Waals surface area (Å²) in [5.41, 5.74) is 7.02. The number of carbonyl (C=O) groups is 1. The van der Waals surface area contributed by atoms with E-state index >= 15 is 0 Å². The minimum absolute atomic E-state index is 0.0380. The predicted molar refractivity (Wildman–Crippen MR) is 112 cm³/mol. The minimum atomic E-state index is -0.361. The van der Waals surface area contributed by atoms with Crippen molar-refractivity contribution in [1.29, 1.82) is 0 Å². The molecule has 3 aromatic rings. The number of ether oxygens (including phenoxy) is 1. The van der Waals surface area contributed by atoms with E-state index in [1.807, 2.05) is 42.5 Å². The molecule has 2 aliphatic rings. The van der Waals surface area contributed by atoms with Gasteiger partial charge in [-0.05, 0) is 39.8 Å². The molecular formula is C25H23NO3. The van der Waals surface area contributed by atoms with Crippen molar-refractivity contribution in [2.45, 2.75) is 18.4 Å². The molecule has 29 heavy (non-hydrogen) atoms. The third kappa shape index (κ3) is 3.00. The Hall–Kier alpha value is -3.11. The first-order valence-electron chi connectivity index (χ1n) is 10.1. The van der Waals surface area contributed by atoms with E-state index in [9.17, 15) is 9.90 Å². The van der Waals surface area contributed by atoms with E-state index in [4.69, 9.17) is 4.74 Å². The monoisotopic (exact) mass is 385 g/mol. The molecule has 0 bridgehead atoms. The molecule has 1 heterocycles. The van der Waals surface area contributed by atoms with Gasteiger partial charge in [-0.3, -0.25) is 4.90 Å². The average molecular weight is 385 g/mol. The molecule has 1 atom stereocenters. The molecule has 1 N–H and O–H groups in total. The molecule has 1 amide bonds. The molecule has 0 radical (unpaired) electrons. The van der Waals surface area contributed by atoms with Crippen LogP contribution in [0.2, 0.25) is 0 Å². The summed E-state index contributed by atoms with van der Waals surface area (Å²) in [5, 5.41) is 9.95. The first-order chi connectivity index (χ1) is 14.3. The SMILES string of the molecule is O=C(OCC1c2ccccc2-c2ccccc21)N1CCc2ccccc2C1CO. The number of fused-ring (bicyclic) bond motifs is 4. The molecule has 5 rings (SSSR count). The smallest absolute Gasteiger partial charge is 0.410 e. The van der Waals surface area contributed by atoms with Crippen LogP contribution in [0.4, 0.5) is 4.79 Å². The second-order valence-electron chi connectivity index (χ2n) is 7.64. The highest BCUT2D eigenvalue weighted by atomic mass is 16.6. The van der Waals surface area contributed by atoms with Crippen LogP contribution in [0.15, 0.2) is 72.8 Å². The lowest BCUT2D eigenvalue weighted by molar-refractivity contribution is 0.0631. The number of amides is 1. The minimum Gasteiger partial charge on any atom is -0.448 e. The normalized spacial score (nSPS) is 17.4. The van der Waals surface area contributed by atoms with E-state index in [2.05, 4.69) is 30.3 Å². The Morgan fingerprint density at radius 2 is 1.48 bits per heavy atom. The number of aliphatic hydroxyl groups is 1. The average Bonchev–Trinajstić information content (AvgIpc) is 3.10. The van der Waals surface area contributed by atoms with Crippen LogP contribution in [0.1, 0.15) is 34.2 Å². The predicted octanol–water partition coefficient (Wildman–Crippen LogP) is 4.53. The highest BCUT2D eigenvalue weighted by Gasteiger charge is 2.33. The van der Waals surface area contributed by atoms with Gasteiger partial charge in [0.05, 0.1) is 12.6 Å². The van der Waals surface area contributed by atoms with Gasteiger partial charge in [0, 0.05) is 12.5 Å². The maximum atomic E-state index is 13.0. The van der Waals surface area contributed by atoms with Gasteiger partial charge in [0.25, 0.3) is 0 Å². The standard InChI is InChI=1S/C25H23NO3/c27-15-24-18-8-2-1-7-17(18)13-14-26(24)25(28)29-16-23-21-11-5-3-9-19(21)20-10-4-6-12-22(20)23/h1-12,23-24,27H,13-16H2. The van der Waals surface area contributed by atoms with Gasteiger partial charge in [-0.15, -0.1) is 0 Å². The Morgan fingerprint density at radius 1 is 0.897 bits per heavy atom. The maximum absolute atomic E-state index is 13.0. The Morgan fingerprint density at radius 3 is 2.14 bits per heavy atom. The highest BCUT2D eigenvalue weighted by Crippen LogP contribution is 2.44. The summed E-state index contributed by atoms with van der Waals surface area (Å²) in [6, 6.07) is 24.3. The van der Waals surface area contributed by atoms with E-state index in [1.165, 1.54) is 27.8 Å². The first-order valence-corrected chi connectivity index (χ1v) is 10.1. The third-order valence-corrected chi connectivity index (χ3v) is 6.16. The van der Waals surface area contributed by atoms with Gasteiger partial charge >= 0.3 is 6.09 Å².